The lowest BCUT2D eigenvalue weighted by molar-refractivity contribution is 0.0687. The fourth-order valence-corrected chi connectivity index (χ4v) is 3.38. The molecule has 0 aliphatic carbocycles. The molecule has 0 radical (unpaired) electrons. The smallest absolute Gasteiger partial charge is 0.356 e. The Hall–Kier alpha value is -1.40. The number of carboxylic acid groups (broad SMARTS) is 1. The van der Waals surface area contributed by atoms with Crippen LogP contribution in [-0.2, 0) is 13.0 Å². The van der Waals surface area contributed by atoms with Gasteiger partial charge >= 0.3 is 5.97 Å². The van der Waals surface area contributed by atoms with E-state index in [0.717, 1.165) is 31.9 Å². The lowest BCUT2D eigenvalue weighted by atomic mass is 10.0. The summed E-state index contributed by atoms with van der Waals surface area (Å²) in [6, 6.07) is 0. The van der Waals surface area contributed by atoms with Crippen molar-refractivity contribution in [3.05, 3.63) is 17.2 Å². The third-order valence-electron chi connectivity index (χ3n) is 4.50. The molecule has 0 aromatic carbocycles. The largest absolute Gasteiger partial charge is 0.476 e. The molecule has 0 spiro atoms. The van der Waals surface area contributed by atoms with Gasteiger partial charge < -0.3 is 19.7 Å². The Kier molecular flexibility index (Phi) is 3.52. The molecule has 3 heterocycles. The molecule has 2 unspecified atom stereocenters. The van der Waals surface area contributed by atoms with Gasteiger partial charge in [-0.1, -0.05) is 6.92 Å². The molecule has 1 aromatic rings. The zero-order valence-electron chi connectivity index (χ0n) is 11.7. The fourth-order valence-electron chi connectivity index (χ4n) is 3.38. The van der Waals surface area contributed by atoms with Crippen molar-refractivity contribution in [2.75, 3.05) is 19.6 Å². The summed E-state index contributed by atoms with van der Waals surface area (Å²) < 4.78 is 2.04. The molecule has 0 bridgehead atoms. The molecule has 6 heteroatoms. The zero-order valence-corrected chi connectivity index (χ0v) is 11.7. The summed E-state index contributed by atoms with van der Waals surface area (Å²) in [5, 5.41) is 19.1. The second kappa shape index (κ2) is 5.18. The van der Waals surface area contributed by atoms with E-state index in [1.54, 1.807) is 0 Å². The van der Waals surface area contributed by atoms with Gasteiger partial charge in [0.25, 0.3) is 0 Å². The van der Waals surface area contributed by atoms with Gasteiger partial charge in [0, 0.05) is 25.4 Å². The van der Waals surface area contributed by atoms with Gasteiger partial charge in [-0.2, -0.15) is 0 Å². The van der Waals surface area contributed by atoms with Crippen LogP contribution in [0, 0.1) is 0 Å². The van der Waals surface area contributed by atoms with Crippen molar-refractivity contribution in [2.24, 2.45) is 0 Å². The van der Waals surface area contributed by atoms with Crippen LogP contribution in [0.3, 0.4) is 0 Å². The normalized spacial score (nSPS) is 26.7. The van der Waals surface area contributed by atoms with Crippen LogP contribution in [0.2, 0.25) is 0 Å². The Labute approximate surface area is 118 Å². The Balaban J connectivity index is 1.96. The average molecular weight is 279 g/mol. The van der Waals surface area contributed by atoms with Gasteiger partial charge in [-0.15, -0.1) is 0 Å². The SMILES string of the molecule is CCN1CCC(c2nc(C(=O)O)c3n2CCC(O)C3)C1. The molecular weight excluding hydrogens is 258 g/mol. The number of carbonyl (C=O) groups is 1. The maximum absolute atomic E-state index is 11.4. The number of aromatic nitrogens is 2. The van der Waals surface area contributed by atoms with E-state index in [1.807, 2.05) is 4.57 Å². The summed E-state index contributed by atoms with van der Waals surface area (Å²) in [5.74, 6) is 0.233. The van der Waals surface area contributed by atoms with E-state index in [2.05, 4.69) is 16.8 Å². The molecule has 1 saturated heterocycles. The van der Waals surface area contributed by atoms with Crippen molar-refractivity contribution in [1.82, 2.24) is 14.5 Å². The number of carboxylic acids is 1. The van der Waals surface area contributed by atoms with Crippen LogP contribution in [0.1, 0.15) is 47.7 Å². The minimum Gasteiger partial charge on any atom is -0.476 e. The van der Waals surface area contributed by atoms with Crippen LogP contribution < -0.4 is 0 Å². The second-order valence-electron chi connectivity index (χ2n) is 5.75. The lowest BCUT2D eigenvalue weighted by Crippen LogP contribution is -2.26. The fraction of sp³-hybridized carbons (Fsp3) is 0.714. The van der Waals surface area contributed by atoms with Crippen molar-refractivity contribution in [3.8, 4) is 0 Å². The molecule has 3 rings (SSSR count). The van der Waals surface area contributed by atoms with Crippen molar-refractivity contribution in [3.63, 3.8) is 0 Å². The number of fused-ring (bicyclic) bond motifs is 1. The first-order valence-electron chi connectivity index (χ1n) is 7.33. The molecule has 1 aromatic heterocycles. The molecule has 1 fully saturated rings. The number of imidazole rings is 1. The minimum absolute atomic E-state index is 0.133. The van der Waals surface area contributed by atoms with E-state index in [0.29, 0.717) is 31.0 Å². The first kappa shape index (κ1) is 13.6. The zero-order chi connectivity index (χ0) is 14.3. The first-order chi connectivity index (χ1) is 9.60. The minimum atomic E-state index is -0.987. The number of rotatable bonds is 3. The highest BCUT2D eigenvalue weighted by molar-refractivity contribution is 5.87. The molecular formula is C14H21N3O3. The average Bonchev–Trinajstić information content (AvgIpc) is 3.01. The molecule has 2 aliphatic heterocycles. The van der Waals surface area contributed by atoms with Gasteiger partial charge in [-0.05, 0) is 25.9 Å². The summed E-state index contributed by atoms with van der Waals surface area (Å²) >= 11 is 0. The van der Waals surface area contributed by atoms with E-state index in [9.17, 15) is 15.0 Å². The molecule has 0 amide bonds. The number of hydrogen-bond donors (Lipinski definition) is 2. The molecule has 20 heavy (non-hydrogen) atoms. The predicted octanol–water partition coefficient (Wildman–Crippen LogP) is 0.698. The monoisotopic (exact) mass is 279 g/mol. The lowest BCUT2D eigenvalue weighted by Gasteiger charge is -2.23. The van der Waals surface area contributed by atoms with Crippen LogP contribution >= 0.6 is 0 Å². The molecule has 2 atom stereocenters. The predicted molar refractivity (Wildman–Crippen MR) is 73.0 cm³/mol. The molecule has 2 N–H and O–H groups in total. The number of aliphatic hydroxyl groups is 1. The van der Waals surface area contributed by atoms with Gasteiger partial charge in [0.05, 0.1) is 11.8 Å². The van der Waals surface area contributed by atoms with E-state index >= 15 is 0 Å². The third kappa shape index (κ3) is 2.23. The van der Waals surface area contributed by atoms with Gasteiger partial charge in [-0.3, -0.25) is 0 Å². The van der Waals surface area contributed by atoms with Crippen molar-refractivity contribution < 1.29 is 15.0 Å². The number of likely N-dealkylation sites (N-methyl/N-ethyl adjacent to an activating group) is 1. The van der Waals surface area contributed by atoms with E-state index in [-0.39, 0.29) is 5.69 Å². The molecule has 6 nitrogen and oxygen atoms in total. The highest BCUT2D eigenvalue weighted by Crippen LogP contribution is 2.31. The van der Waals surface area contributed by atoms with E-state index in [1.165, 1.54) is 0 Å². The summed E-state index contributed by atoms with van der Waals surface area (Å²) in [6.07, 6.45) is 1.67. The first-order valence-corrected chi connectivity index (χ1v) is 7.33. The summed E-state index contributed by atoms with van der Waals surface area (Å²) in [4.78, 5) is 18.1. The Morgan fingerprint density at radius 2 is 2.20 bits per heavy atom. The van der Waals surface area contributed by atoms with Crippen LogP contribution in [0.5, 0.6) is 0 Å². The molecule has 0 saturated carbocycles. The molecule has 2 aliphatic rings. The van der Waals surface area contributed by atoms with Crippen LogP contribution in [0.25, 0.3) is 0 Å². The number of hydrogen-bond acceptors (Lipinski definition) is 4. The van der Waals surface area contributed by atoms with Gasteiger partial charge in [-0.25, -0.2) is 9.78 Å². The maximum atomic E-state index is 11.4. The Morgan fingerprint density at radius 1 is 1.40 bits per heavy atom. The van der Waals surface area contributed by atoms with Gasteiger partial charge in [0.15, 0.2) is 5.69 Å². The summed E-state index contributed by atoms with van der Waals surface area (Å²) in [5.41, 5.74) is 0.829. The second-order valence-corrected chi connectivity index (χ2v) is 5.75. The standard InChI is InChI=1S/C14H21N3O3/c1-2-16-5-3-9(8-16)13-15-12(14(19)20)11-7-10(18)4-6-17(11)13/h9-10,18H,2-8H2,1H3,(H,19,20). The van der Waals surface area contributed by atoms with Crippen LogP contribution in [0.4, 0.5) is 0 Å². The highest BCUT2D eigenvalue weighted by atomic mass is 16.4. The number of aliphatic hydroxyl groups excluding tert-OH is 1. The van der Waals surface area contributed by atoms with Crippen LogP contribution in [-0.4, -0.2) is 56.4 Å². The number of nitrogens with zero attached hydrogens (tertiary/aromatic N) is 3. The third-order valence-corrected chi connectivity index (χ3v) is 4.50. The highest BCUT2D eigenvalue weighted by Gasteiger charge is 2.33. The molecule has 110 valence electrons. The summed E-state index contributed by atoms with van der Waals surface area (Å²) in [6.45, 7) is 5.84. The maximum Gasteiger partial charge on any atom is 0.356 e. The topological polar surface area (TPSA) is 78.6 Å². The summed E-state index contributed by atoms with van der Waals surface area (Å²) in [7, 11) is 0. The number of likely N-dealkylation sites (tertiary alicyclic amines) is 1. The van der Waals surface area contributed by atoms with Crippen molar-refractivity contribution in [1.29, 1.82) is 0 Å². The van der Waals surface area contributed by atoms with Crippen molar-refractivity contribution in [2.45, 2.75) is 44.8 Å². The quantitative estimate of drug-likeness (QED) is 0.851. The Morgan fingerprint density at radius 3 is 2.85 bits per heavy atom. The van der Waals surface area contributed by atoms with Crippen LogP contribution in [0.15, 0.2) is 0 Å². The van der Waals surface area contributed by atoms with Crippen molar-refractivity contribution >= 4 is 5.97 Å². The van der Waals surface area contributed by atoms with Gasteiger partial charge in [0.2, 0.25) is 0 Å². The Bertz CT molecular complexity index is 526. The van der Waals surface area contributed by atoms with E-state index in [4.69, 9.17) is 0 Å². The van der Waals surface area contributed by atoms with E-state index < -0.39 is 12.1 Å². The number of aromatic carboxylic acids is 1. The van der Waals surface area contributed by atoms with Gasteiger partial charge in [0.1, 0.15) is 5.82 Å².